The second-order valence-corrected chi connectivity index (χ2v) is 6.13. The van der Waals surface area contributed by atoms with E-state index in [4.69, 9.17) is 0 Å². The van der Waals surface area contributed by atoms with Crippen molar-refractivity contribution in [1.29, 1.82) is 0 Å². The zero-order valence-corrected chi connectivity index (χ0v) is 13.4. The van der Waals surface area contributed by atoms with Gasteiger partial charge in [-0.15, -0.1) is 11.3 Å². The summed E-state index contributed by atoms with van der Waals surface area (Å²) in [6.07, 6.45) is 2.32. The van der Waals surface area contributed by atoms with Crippen molar-refractivity contribution in [3.05, 3.63) is 58.4 Å². The van der Waals surface area contributed by atoms with E-state index in [1.807, 2.05) is 41.9 Å². The number of rotatable bonds is 5. The molecule has 1 atom stereocenters. The molecule has 0 unspecified atom stereocenters. The summed E-state index contributed by atoms with van der Waals surface area (Å²) in [5.41, 5.74) is 2.02. The van der Waals surface area contributed by atoms with Gasteiger partial charge < -0.3 is 15.6 Å². The lowest BCUT2D eigenvalue weighted by Crippen LogP contribution is -2.46. The average molecular weight is 327 g/mol. The van der Waals surface area contributed by atoms with Crippen LogP contribution in [-0.4, -0.2) is 29.9 Å². The van der Waals surface area contributed by atoms with Gasteiger partial charge in [0, 0.05) is 30.6 Å². The summed E-state index contributed by atoms with van der Waals surface area (Å²) >= 11 is 1.35. The summed E-state index contributed by atoms with van der Waals surface area (Å²) in [5, 5.41) is 8.33. The number of hydrogen-bond donors (Lipinski definition) is 3. The van der Waals surface area contributed by atoms with Crippen molar-refractivity contribution < 1.29 is 9.59 Å². The number of amides is 2. The van der Waals surface area contributed by atoms with Crippen molar-refractivity contribution >= 4 is 34.1 Å². The van der Waals surface area contributed by atoms with Gasteiger partial charge in [0.05, 0.1) is 4.88 Å². The molecule has 2 aromatic heterocycles. The smallest absolute Gasteiger partial charge is 0.262 e. The predicted octanol–water partition coefficient (Wildman–Crippen LogP) is 2.32. The fourth-order valence-electron chi connectivity index (χ4n) is 2.54. The maximum atomic E-state index is 12.2. The predicted molar refractivity (Wildman–Crippen MR) is 91.6 cm³/mol. The van der Waals surface area contributed by atoms with E-state index in [0.717, 1.165) is 16.5 Å². The molecule has 0 saturated heterocycles. The third kappa shape index (κ3) is 3.27. The first kappa shape index (κ1) is 15.3. The largest absolute Gasteiger partial charge is 0.361 e. The highest BCUT2D eigenvalue weighted by Gasteiger charge is 2.22. The fraction of sp³-hybridized carbons (Fsp3) is 0.176. The Morgan fingerprint density at radius 3 is 2.78 bits per heavy atom. The minimum absolute atomic E-state index is 0.208. The second kappa shape index (κ2) is 6.66. The van der Waals surface area contributed by atoms with Crippen LogP contribution >= 0.6 is 11.3 Å². The maximum absolute atomic E-state index is 12.2. The molecular weight excluding hydrogens is 310 g/mol. The number of likely N-dealkylation sites (N-methyl/N-ethyl adjacent to an activating group) is 1. The standard InChI is InChI=1S/C17H17N3O2S/c1-18-16(21)14(20-17(22)15-7-4-8-23-15)9-11-10-19-13-6-3-2-5-12(11)13/h2-8,10,14,19H,9H2,1H3,(H,18,21)(H,20,22)/t14-/m1/s1. The van der Waals surface area contributed by atoms with Gasteiger partial charge in [-0.2, -0.15) is 0 Å². The highest BCUT2D eigenvalue weighted by Crippen LogP contribution is 2.19. The minimum Gasteiger partial charge on any atom is -0.361 e. The van der Waals surface area contributed by atoms with Crippen molar-refractivity contribution in [3.8, 4) is 0 Å². The van der Waals surface area contributed by atoms with Crippen molar-refractivity contribution in [2.75, 3.05) is 7.05 Å². The van der Waals surface area contributed by atoms with Gasteiger partial charge in [-0.05, 0) is 23.1 Å². The number of hydrogen-bond acceptors (Lipinski definition) is 3. The molecule has 0 fully saturated rings. The number of nitrogens with one attached hydrogen (secondary N) is 3. The molecule has 6 heteroatoms. The molecule has 2 amide bonds. The molecular formula is C17H17N3O2S. The molecule has 0 aliphatic heterocycles. The van der Waals surface area contributed by atoms with E-state index in [0.29, 0.717) is 11.3 Å². The molecule has 1 aromatic carbocycles. The summed E-state index contributed by atoms with van der Waals surface area (Å²) in [5.74, 6) is -0.436. The molecule has 0 radical (unpaired) electrons. The van der Waals surface area contributed by atoms with Gasteiger partial charge in [0.25, 0.3) is 5.91 Å². The van der Waals surface area contributed by atoms with Crippen molar-refractivity contribution in [1.82, 2.24) is 15.6 Å². The van der Waals surface area contributed by atoms with E-state index in [1.165, 1.54) is 11.3 Å². The number of thiophene rings is 1. The van der Waals surface area contributed by atoms with E-state index in [9.17, 15) is 9.59 Å². The normalized spacial score (nSPS) is 12.0. The van der Waals surface area contributed by atoms with Crippen LogP contribution in [0.4, 0.5) is 0 Å². The number of aromatic nitrogens is 1. The Labute approximate surface area is 137 Å². The number of para-hydroxylation sites is 1. The molecule has 3 aromatic rings. The van der Waals surface area contributed by atoms with Crippen LogP contribution < -0.4 is 10.6 Å². The van der Waals surface area contributed by atoms with Crippen LogP contribution in [-0.2, 0) is 11.2 Å². The molecule has 0 aliphatic carbocycles. The van der Waals surface area contributed by atoms with Crippen molar-refractivity contribution in [2.45, 2.75) is 12.5 Å². The second-order valence-electron chi connectivity index (χ2n) is 5.18. The van der Waals surface area contributed by atoms with E-state index >= 15 is 0 Å². The van der Waals surface area contributed by atoms with Gasteiger partial charge in [-0.1, -0.05) is 24.3 Å². The SMILES string of the molecule is CNC(=O)[C@@H](Cc1c[nH]c2ccccc12)NC(=O)c1cccs1. The highest BCUT2D eigenvalue weighted by molar-refractivity contribution is 7.12. The number of carbonyl (C=O) groups excluding carboxylic acids is 2. The monoisotopic (exact) mass is 327 g/mol. The van der Waals surface area contributed by atoms with E-state index in [-0.39, 0.29) is 11.8 Å². The number of H-pyrrole nitrogens is 1. The molecule has 23 heavy (non-hydrogen) atoms. The van der Waals surface area contributed by atoms with Gasteiger partial charge in [-0.3, -0.25) is 9.59 Å². The molecule has 118 valence electrons. The average Bonchev–Trinajstić information content (AvgIpc) is 3.23. The zero-order valence-electron chi connectivity index (χ0n) is 12.6. The van der Waals surface area contributed by atoms with Crippen LogP contribution in [0.1, 0.15) is 15.2 Å². The first-order valence-corrected chi connectivity index (χ1v) is 8.18. The van der Waals surface area contributed by atoms with Crippen LogP contribution in [0, 0.1) is 0 Å². The van der Waals surface area contributed by atoms with Gasteiger partial charge in [0.2, 0.25) is 5.91 Å². The Kier molecular flexibility index (Phi) is 4.43. The highest BCUT2D eigenvalue weighted by atomic mass is 32.1. The number of carbonyl (C=O) groups is 2. The Morgan fingerprint density at radius 2 is 2.04 bits per heavy atom. The molecule has 2 heterocycles. The quantitative estimate of drug-likeness (QED) is 0.673. The summed E-state index contributed by atoms with van der Waals surface area (Å²) in [6, 6.07) is 10.8. The molecule has 5 nitrogen and oxygen atoms in total. The van der Waals surface area contributed by atoms with Gasteiger partial charge in [0.15, 0.2) is 0 Å². The lowest BCUT2D eigenvalue weighted by atomic mass is 10.0. The third-order valence-electron chi connectivity index (χ3n) is 3.71. The lowest BCUT2D eigenvalue weighted by molar-refractivity contribution is -0.122. The van der Waals surface area contributed by atoms with E-state index in [1.54, 1.807) is 13.1 Å². The van der Waals surface area contributed by atoms with Crippen LogP contribution in [0.5, 0.6) is 0 Å². The van der Waals surface area contributed by atoms with Gasteiger partial charge in [-0.25, -0.2) is 0 Å². The Morgan fingerprint density at radius 1 is 1.22 bits per heavy atom. The zero-order chi connectivity index (χ0) is 16.2. The lowest BCUT2D eigenvalue weighted by Gasteiger charge is -2.16. The van der Waals surface area contributed by atoms with E-state index in [2.05, 4.69) is 15.6 Å². The van der Waals surface area contributed by atoms with Crippen LogP contribution in [0.2, 0.25) is 0 Å². The van der Waals surface area contributed by atoms with Gasteiger partial charge >= 0.3 is 0 Å². The van der Waals surface area contributed by atoms with Crippen LogP contribution in [0.25, 0.3) is 10.9 Å². The number of fused-ring (bicyclic) bond motifs is 1. The molecule has 0 bridgehead atoms. The Bertz CT molecular complexity index is 823. The third-order valence-corrected chi connectivity index (χ3v) is 4.58. The first-order valence-electron chi connectivity index (χ1n) is 7.30. The minimum atomic E-state index is -0.617. The molecule has 3 N–H and O–H groups in total. The van der Waals surface area contributed by atoms with Crippen molar-refractivity contribution in [2.24, 2.45) is 0 Å². The summed E-state index contributed by atoms with van der Waals surface area (Å²) < 4.78 is 0. The fourth-order valence-corrected chi connectivity index (χ4v) is 3.17. The number of benzene rings is 1. The summed E-state index contributed by atoms with van der Waals surface area (Å²) in [7, 11) is 1.57. The van der Waals surface area contributed by atoms with Crippen LogP contribution in [0.3, 0.4) is 0 Å². The topological polar surface area (TPSA) is 74.0 Å². The molecule has 0 saturated carbocycles. The molecule has 0 aliphatic rings. The molecule has 3 rings (SSSR count). The Balaban J connectivity index is 1.82. The maximum Gasteiger partial charge on any atom is 0.262 e. The number of aromatic amines is 1. The first-order chi connectivity index (χ1) is 11.2. The van der Waals surface area contributed by atoms with E-state index < -0.39 is 6.04 Å². The Hall–Kier alpha value is -2.60. The summed E-state index contributed by atoms with van der Waals surface area (Å²) in [4.78, 5) is 28.2. The van der Waals surface area contributed by atoms with Crippen LogP contribution in [0.15, 0.2) is 48.0 Å². The summed E-state index contributed by atoms with van der Waals surface area (Å²) in [6.45, 7) is 0. The van der Waals surface area contributed by atoms with Gasteiger partial charge in [0.1, 0.15) is 6.04 Å². The van der Waals surface area contributed by atoms with Crippen molar-refractivity contribution in [3.63, 3.8) is 0 Å². The molecule has 0 spiro atoms.